The van der Waals surface area contributed by atoms with E-state index in [1.165, 1.54) is 0 Å². The van der Waals surface area contributed by atoms with Crippen LogP contribution in [-0.4, -0.2) is 87.3 Å². The van der Waals surface area contributed by atoms with E-state index in [2.05, 4.69) is 41.5 Å². The molecular weight excluding hydrogens is 777 g/mol. The van der Waals surface area contributed by atoms with E-state index in [1.807, 2.05) is 41.5 Å². The first-order valence-corrected chi connectivity index (χ1v) is 24.0. The lowest BCUT2D eigenvalue weighted by Gasteiger charge is -2.41. The molecule has 12 atom stereocenters. The molecule has 0 amide bonds. The summed E-state index contributed by atoms with van der Waals surface area (Å²) < 4.78 is 43.2. The van der Waals surface area contributed by atoms with Gasteiger partial charge in [-0.2, -0.15) is 0 Å². The van der Waals surface area contributed by atoms with Gasteiger partial charge in [0.15, 0.2) is 0 Å². The Morgan fingerprint density at radius 2 is 0.721 bits per heavy atom. The van der Waals surface area contributed by atoms with Crippen LogP contribution in [0.15, 0.2) is 0 Å². The Kier molecular flexibility index (Phi) is 11.2. The van der Waals surface area contributed by atoms with Gasteiger partial charge in [0.05, 0.1) is 66.1 Å². The van der Waals surface area contributed by atoms with Gasteiger partial charge in [-0.1, -0.05) is 13.8 Å². The van der Waals surface area contributed by atoms with Crippen molar-refractivity contribution in [1.82, 2.24) is 0 Å². The van der Waals surface area contributed by atoms with Crippen LogP contribution in [0.25, 0.3) is 0 Å². The smallest absolute Gasteiger partial charge is 0.306 e. The molecule has 0 aromatic heterocycles. The van der Waals surface area contributed by atoms with E-state index in [1.54, 1.807) is 0 Å². The maximum Gasteiger partial charge on any atom is 0.306 e. The molecule has 344 valence electrons. The van der Waals surface area contributed by atoms with Crippen molar-refractivity contribution >= 4 is 23.7 Å². The van der Waals surface area contributed by atoms with E-state index in [4.69, 9.17) is 33.2 Å². The van der Waals surface area contributed by atoms with Crippen LogP contribution in [0.4, 0.5) is 0 Å². The highest BCUT2D eigenvalue weighted by Gasteiger charge is 2.61. The zero-order valence-electron chi connectivity index (χ0n) is 39.6. The van der Waals surface area contributed by atoms with Crippen molar-refractivity contribution in [3.05, 3.63) is 0 Å². The Morgan fingerprint density at radius 3 is 1.02 bits per heavy atom. The summed E-state index contributed by atoms with van der Waals surface area (Å²) >= 11 is 0. The maximum atomic E-state index is 14.7. The zero-order valence-corrected chi connectivity index (χ0v) is 39.6. The van der Waals surface area contributed by atoms with E-state index in [9.17, 15) is 19.2 Å². The van der Waals surface area contributed by atoms with Gasteiger partial charge in [-0.15, -0.1) is 0 Å². The second kappa shape index (κ2) is 15.0. The SMILES string of the molecule is CC(C)(CC(=O)CC(CC(=O)OC(C)(C)C1CCC2(C)OC2C1)(CC(=O)OC(C)(C)C1CCC2(C)OC2C1)CC(=O)OC(C)(C)C1CCC2(C)OC2C1)C1CCC2(C)OC2C1. The van der Waals surface area contributed by atoms with Crippen LogP contribution in [0, 0.1) is 34.5 Å². The summed E-state index contributed by atoms with van der Waals surface area (Å²) in [6.45, 7) is 24.5. The predicted octanol–water partition coefficient (Wildman–Crippen LogP) is 9.31. The third kappa shape index (κ3) is 9.52. The van der Waals surface area contributed by atoms with Gasteiger partial charge in [-0.3, -0.25) is 19.2 Å². The van der Waals surface area contributed by atoms with Crippen molar-refractivity contribution in [2.24, 2.45) is 34.5 Å². The van der Waals surface area contributed by atoms with Gasteiger partial charge in [-0.25, -0.2) is 0 Å². The molecule has 4 saturated heterocycles. The molecule has 11 nitrogen and oxygen atoms in total. The molecule has 0 radical (unpaired) electrons. The standard InChI is InChI=1S/C50H78O11/c1-42(2,30-13-17-46(9)35(21-30)55-46)25-34(51)26-50(27-39(52)59-43(3,4)31-14-18-47(10)36(22-31)56-47,28-40(53)60-44(5,6)32-15-19-48(11)37(23-32)57-48)29-41(54)61-45(7,8)33-16-20-49(12)38(24-33)58-49/h30-33,35-38H,13-29H2,1-12H3. The first kappa shape index (κ1) is 45.5. The summed E-state index contributed by atoms with van der Waals surface area (Å²) in [5, 5.41) is 0. The number of ketones is 1. The summed E-state index contributed by atoms with van der Waals surface area (Å²) in [6, 6.07) is 0. The Bertz CT molecular complexity index is 1510. The molecule has 0 N–H and O–H groups in total. The predicted molar refractivity (Wildman–Crippen MR) is 227 cm³/mol. The highest BCUT2D eigenvalue weighted by Crippen LogP contribution is 2.56. The average molecular weight is 855 g/mol. The number of hydrogen-bond donors (Lipinski definition) is 0. The van der Waals surface area contributed by atoms with Crippen LogP contribution in [0.5, 0.6) is 0 Å². The summed E-state index contributed by atoms with van der Waals surface area (Å²) in [5.74, 6) is -1.16. The van der Waals surface area contributed by atoms with Crippen LogP contribution in [-0.2, 0) is 52.3 Å². The van der Waals surface area contributed by atoms with Crippen molar-refractivity contribution in [3.63, 3.8) is 0 Å². The fraction of sp³-hybridized carbons (Fsp3) is 0.920. The number of esters is 3. The molecule has 0 spiro atoms. The molecule has 0 aromatic carbocycles. The lowest BCUT2D eigenvalue weighted by molar-refractivity contribution is -0.174. The van der Waals surface area contributed by atoms with Crippen molar-refractivity contribution < 1.29 is 52.3 Å². The molecule has 8 aliphatic rings. The van der Waals surface area contributed by atoms with E-state index < -0.39 is 40.1 Å². The van der Waals surface area contributed by atoms with Gasteiger partial charge in [0.1, 0.15) is 22.6 Å². The second-order valence-electron chi connectivity index (χ2n) is 24.7. The number of carbonyl (C=O) groups is 4. The molecule has 12 unspecified atom stereocenters. The number of carbonyl (C=O) groups excluding carboxylic acids is 4. The first-order chi connectivity index (χ1) is 28.1. The number of ether oxygens (including phenoxy) is 7. The molecule has 11 heteroatoms. The van der Waals surface area contributed by atoms with Crippen LogP contribution in [0.1, 0.15) is 192 Å². The monoisotopic (exact) mass is 855 g/mol. The van der Waals surface area contributed by atoms with E-state index in [0.29, 0.717) is 0 Å². The normalized spacial score (nSPS) is 41.0. The lowest BCUT2D eigenvalue weighted by atomic mass is 9.65. The third-order valence-electron chi connectivity index (χ3n) is 18.1. The third-order valence-corrected chi connectivity index (χ3v) is 18.1. The van der Waals surface area contributed by atoms with Crippen LogP contribution in [0.2, 0.25) is 0 Å². The molecule has 8 rings (SSSR count). The van der Waals surface area contributed by atoms with Crippen molar-refractivity contribution in [1.29, 1.82) is 0 Å². The average Bonchev–Trinajstić information content (AvgIpc) is 4.00. The number of fused-ring (bicyclic) bond motifs is 4. The quantitative estimate of drug-likeness (QED) is 0.0784. The highest BCUT2D eigenvalue weighted by molar-refractivity contribution is 5.85. The minimum atomic E-state index is -1.44. The van der Waals surface area contributed by atoms with E-state index in [0.717, 1.165) is 77.0 Å². The minimum absolute atomic E-state index is 0.0446. The van der Waals surface area contributed by atoms with Gasteiger partial charge in [0, 0.05) is 36.0 Å². The van der Waals surface area contributed by atoms with E-state index >= 15 is 0 Å². The molecule has 4 aliphatic carbocycles. The number of rotatable bonds is 17. The highest BCUT2D eigenvalue weighted by atomic mass is 16.6. The zero-order chi connectivity index (χ0) is 44.4. The second-order valence-corrected chi connectivity index (χ2v) is 24.7. The van der Waals surface area contributed by atoms with Crippen molar-refractivity contribution in [2.75, 3.05) is 0 Å². The van der Waals surface area contributed by atoms with Gasteiger partial charge in [-0.05, 0) is 158 Å². The lowest BCUT2D eigenvalue weighted by Crippen LogP contribution is -2.45. The molecule has 8 fully saturated rings. The Labute approximate surface area is 365 Å². The molecule has 4 heterocycles. The fourth-order valence-electron chi connectivity index (χ4n) is 12.9. The number of Topliss-reactive ketones (excluding diaryl/α,β-unsaturated/α-hetero) is 1. The van der Waals surface area contributed by atoms with Gasteiger partial charge >= 0.3 is 17.9 Å². The number of hydrogen-bond acceptors (Lipinski definition) is 11. The fourth-order valence-corrected chi connectivity index (χ4v) is 12.9. The summed E-state index contributed by atoms with van der Waals surface area (Å²) in [6.07, 6.45) is 10.3. The van der Waals surface area contributed by atoms with Crippen LogP contribution in [0.3, 0.4) is 0 Å². The minimum Gasteiger partial charge on any atom is -0.459 e. The summed E-state index contributed by atoms with van der Waals surface area (Å²) in [4.78, 5) is 58.2. The van der Waals surface area contributed by atoms with Crippen LogP contribution >= 0.6 is 0 Å². The summed E-state index contributed by atoms with van der Waals surface area (Å²) in [5.41, 5.74) is -4.57. The Balaban J connectivity index is 1.04. The Morgan fingerprint density at radius 1 is 0.443 bits per heavy atom. The van der Waals surface area contributed by atoms with Gasteiger partial charge in [0.2, 0.25) is 0 Å². The maximum absolute atomic E-state index is 14.7. The van der Waals surface area contributed by atoms with Gasteiger partial charge < -0.3 is 33.2 Å². The molecule has 4 aliphatic heterocycles. The van der Waals surface area contributed by atoms with Crippen molar-refractivity contribution in [2.45, 2.75) is 256 Å². The summed E-state index contributed by atoms with van der Waals surface area (Å²) in [7, 11) is 0. The van der Waals surface area contributed by atoms with Gasteiger partial charge in [0.25, 0.3) is 0 Å². The first-order valence-electron chi connectivity index (χ1n) is 24.0. The van der Waals surface area contributed by atoms with Crippen molar-refractivity contribution in [3.8, 4) is 0 Å². The number of epoxide rings is 4. The molecule has 0 bridgehead atoms. The topological polar surface area (TPSA) is 146 Å². The largest absolute Gasteiger partial charge is 0.459 e. The Hall–Kier alpha value is -2.08. The molecule has 61 heavy (non-hydrogen) atoms. The van der Waals surface area contributed by atoms with Crippen LogP contribution < -0.4 is 0 Å². The molecule has 4 saturated carbocycles. The molecule has 0 aromatic rings. The van der Waals surface area contributed by atoms with E-state index in [-0.39, 0.29) is 114 Å². The molecular formula is C50H78O11.